The number of rotatable bonds is 12. The van der Waals surface area contributed by atoms with Crippen molar-refractivity contribution in [2.45, 2.75) is 52.4 Å². The summed E-state index contributed by atoms with van der Waals surface area (Å²) < 4.78 is 21.0. The van der Waals surface area contributed by atoms with Crippen LogP contribution in [0.4, 0.5) is 9.59 Å². The van der Waals surface area contributed by atoms with Crippen LogP contribution in [0.15, 0.2) is 54.6 Å². The van der Waals surface area contributed by atoms with E-state index in [1.165, 1.54) is 19.1 Å². The van der Waals surface area contributed by atoms with E-state index in [2.05, 4.69) is 5.32 Å². The third-order valence-electron chi connectivity index (χ3n) is 5.53. The highest BCUT2D eigenvalue weighted by Crippen LogP contribution is 2.27. The van der Waals surface area contributed by atoms with E-state index < -0.39 is 35.7 Å². The zero-order chi connectivity index (χ0) is 29.0. The van der Waals surface area contributed by atoms with Gasteiger partial charge in [0, 0.05) is 13.5 Å². The molecule has 2 amide bonds. The molecule has 0 saturated heterocycles. The van der Waals surface area contributed by atoms with Gasteiger partial charge in [0.1, 0.15) is 30.6 Å². The molecule has 0 spiro atoms. The Morgan fingerprint density at radius 3 is 2.21 bits per heavy atom. The monoisotopic (exact) mass is 542 g/mol. The molecule has 0 aliphatic rings. The lowest BCUT2D eigenvalue weighted by atomic mass is 9.94. The minimum Gasteiger partial charge on any atom is -0.492 e. The molecule has 212 valence electrons. The molecule has 0 heterocycles. The van der Waals surface area contributed by atoms with Crippen molar-refractivity contribution in [3.63, 3.8) is 0 Å². The van der Waals surface area contributed by atoms with Crippen LogP contribution in [0, 0.1) is 5.92 Å². The molecule has 0 aromatic heterocycles. The van der Waals surface area contributed by atoms with Crippen molar-refractivity contribution < 1.29 is 38.1 Å². The van der Waals surface area contributed by atoms with Crippen LogP contribution in [0.1, 0.15) is 51.3 Å². The van der Waals surface area contributed by atoms with E-state index in [-0.39, 0.29) is 32.0 Å². The summed E-state index contributed by atoms with van der Waals surface area (Å²) >= 11 is 0. The van der Waals surface area contributed by atoms with Crippen molar-refractivity contribution in [2.75, 3.05) is 27.3 Å². The first-order valence-electron chi connectivity index (χ1n) is 12.6. The number of alkyl carbamates (subject to hydrolysis) is 1. The number of carbonyl (C=O) groups excluding carboxylic acids is 4. The first-order valence-corrected chi connectivity index (χ1v) is 12.6. The van der Waals surface area contributed by atoms with Crippen molar-refractivity contribution in [1.29, 1.82) is 0 Å². The fourth-order valence-electron chi connectivity index (χ4n) is 3.63. The Morgan fingerprint density at radius 2 is 1.62 bits per heavy atom. The number of nitrogens with one attached hydrogen (secondary N) is 1. The highest BCUT2D eigenvalue weighted by Gasteiger charge is 2.32. The van der Waals surface area contributed by atoms with Crippen molar-refractivity contribution in [1.82, 2.24) is 10.2 Å². The summed E-state index contributed by atoms with van der Waals surface area (Å²) in [6.07, 6.45) is -1.34. The van der Waals surface area contributed by atoms with E-state index in [1.807, 2.05) is 30.3 Å². The van der Waals surface area contributed by atoms with Gasteiger partial charge in [-0.05, 0) is 44.0 Å². The normalized spacial score (nSPS) is 12.5. The quantitative estimate of drug-likeness (QED) is 0.233. The molecule has 10 nitrogen and oxygen atoms in total. The van der Waals surface area contributed by atoms with Crippen molar-refractivity contribution in [3.8, 4) is 5.75 Å². The van der Waals surface area contributed by atoms with Gasteiger partial charge >= 0.3 is 18.2 Å². The summed E-state index contributed by atoms with van der Waals surface area (Å²) in [6.45, 7) is 7.41. The minimum atomic E-state index is -0.997. The molecule has 0 aliphatic carbocycles. The maximum Gasteiger partial charge on any atom is 0.410 e. The standard InChI is InChI=1S/C29H38N2O8/c1-20(26(33)36-6)18-24(32)25(31(5)28(35)38-19-21-10-8-7-9-11-21)22-12-14-23(15-13-22)37-17-16-30-27(34)39-29(2,3)4/h7-15,20,25H,16-19H2,1-6H3,(H,30,34)/t20-,25+/m1/s1. The fourth-order valence-corrected chi connectivity index (χ4v) is 3.63. The van der Waals surface area contributed by atoms with Gasteiger partial charge in [0.2, 0.25) is 0 Å². The van der Waals surface area contributed by atoms with Crippen LogP contribution < -0.4 is 10.1 Å². The van der Waals surface area contributed by atoms with Gasteiger partial charge in [-0.3, -0.25) is 14.5 Å². The SMILES string of the molecule is COC(=O)[C@H](C)CC(=O)[C@H](c1ccc(OCCNC(=O)OC(C)(C)C)cc1)N(C)C(=O)OCc1ccccc1. The molecule has 39 heavy (non-hydrogen) atoms. The Bertz CT molecular complexity index is 1100. The average molecular weight is 543 g/mol. The smallest absolute Gasteiger partial charge is 0.410 e. The van der Waals surface area contributed by atoms with E-state index in [4.69, 9.17) is 18.9 Å². The van der Waals surface area contributed by atoms with Crippen LogP contribution in [0.5, 0.6) is 5.75 Å². The zero-order valence-electron chi connectivity index (χ0n) is 23.4. The highest BCUT2D eigenvalue weighted by molar-refractivity contribution is 5.91. The number of Topliss-reactive ketones (excluding diaryl/α,β-unsaturated/α-hetero) is 1. The van der Waals surface area contributed by atoms with Crippen LogP contribution in [0.2, 0.25) is 0 Å². The summed E-state index contributed by atoms with van der Waals surface area (Å²) in [5.41, 5.74) is 0.740. The van der Waals surface area contributed by atoms with Crippen LogP contribution >= 0.6 is 0 Å². The second kappa shape index (κ2) is 14.8. The highest BCUT2D eigenvalue weighted by atomic mass is 16.6. The van der Waals surface area contributed by atoms with Gasteiger partial charge in [-0.15, -0.1) is 0 Å². The van der Waals surface area contributed by atoms with Gasteiger partial charge in [0.15, 0.2) is 5.78 Å². The molecule has 2 aromatic rings. The molecule has 2 atom stereocenters. The van der Waals surface area contributed by atoms with Crippen LogP contribution in [0.25, 0.3) is 0 Å². The number of hydrogen-bond donors (Lipinski definition) is 1. The van der Waals surface area contributed by atoms with Crippen LogP contribution in [-0.4, -0.2) is 61.7 Å². The first kappa shape index (κ1) is 31.1. The molecular formula is C29H38N2O8. The Morgan fingerprint density at radius 1 is 0.974 bits per heavy atom. The second-order valence-corrected chi connectivity index (χ2v) is 9.99. The van der Waals surface area contributed by atoms with E-state index >= 15 is 0 Å². The number of ether oxygens (including phenoxy) is 4. The largest absolute Gasteiger partial charge is 0.492 e. The first-order chi connectivity index (χ1) is 18.4. The Kier molecular flexibility index (Phi) is 11.8. The molecule has 0 saturated carbocycles. The Hall–Kier alpha value is -4.08. The van der Waals surface area contributed by atoms with Gasteiger partial charge in [0.25, 0.3) is 0 Å². The van der Waals surface area contributed by atoms with Gasteiger partial charge in [-0.1, -0.05) is 49.4 Å². The van der Waals surface area contributed by atoms with Crippen LogP contribution in [0.3, 0.4) is 0 Å². The van der Waals surface area contributed by atoms with Gasteiger partial charge < -0.3 is 24.3 Å². The summed E-state index contributed by atoms with van der Waals surface area (Å²) in [4.78, 5) is 51.1. The van der Waals surface area contributed by atoms with Gasteiger partial charge in [-0.2, -0.15) is 0 Å². The number of ketones is 1. The zero-order valence-corrected chi connectivity index (χ0v) is 23.4. The summed E-state index contributed by atoms with van der Waals surface area (Å²) in [5.74, 6) is -1.03. The molecule has 1 N–H and O–H groups in total. The number of amides is 2. The van der Waals surface area contributed by atoms with E-state index in [0.717, 1.165) is 5.56 Å². The van der Waals surface area contributed by atoms with Gasteiger partial charge in [0.05, 0.1) is 19.6 Å². The average Bonchev–Trinajstić information content (AvgIpc) is 2.89. The number of hydrogen-bond acceptors (Lipinski definition) is 8. The molecule has 0 fully saturated rings. The fraction of sp³-hybridized carbons (Fsp3) is 0.448. The lowest BCUT2D eigenvalue weighted by molar-refractivity contribution is -0.146. The minimum absolute atomic E-state index is 0.0492. The molecule has 2 rings (SSSR count). The third-order valence-corrected chi connectivity index (χ3v) is 5.53. The van der Waals surface area contributed by atoms with Crippen molar-refractivity contribution >= 4 is 23.9 Å². The van der Waals surface area contributed by atoms with E-state index in [1.54, 1.807) is 52.0 Å². The summed E-state index contributed by atoms with van der Waals surface area (Å²) in [6, 6.07) is 14.9. The predicted molar refractivity (Wildman–Crippen MR) is 144 cm³/mol. The lowest BCUT2D eigenvalue weighted by Crippen LogP contribution is -2.37. The Labute approximate surface area is 229 Å². The maximum absolute atomic E-state index is 13.3. The summed E-state index contributed by atoms with van der Waals surface area (Å²) in [7, 11) is 2.74. The number of nitrogens with zero attached hydrogens (tertiary/aromatic N) is 1. The molecule has 0 bridgehead atoms. The second-order valence-electron chi connectivity index (χ2n) is 9.99. The van der Waals surface area contributed by atoms with Crippen LogP contribution in [-0.2, 0) is 30.4 Å². The predicted octanol–water partition coefficient (Wildman–Crippen LogP) is 4.67. The lowest BCUT2D eigenvalue weighted by Gasteiger charge is -2.27. The molecule has 10 heteroatoms. The number of methoxy groups -OCH3 is 1. The topological polar surface area (TPSA) is 120 Å². The molecule has 0 radical (unpaired) electrons. The molecule has 0 aliphatic heterocycles. The number of benzene rings is 2. The third kappa shape index (κ3) is 10.7. The Balaban J connectivity index is 2.08. The number of esters is 1. The van der Waals surface area contributed by atoms with E-state index in [9.17, 15) is 19.2 Å². The van der Waals surface area contributed by atoms with Gasteiger partial charge in [-0.25, -0.2) is 9.59 Å². The summed E-state index contributed by atoms with van der Waals surface area (Å²) in [5, 5.41) is 2.61. The van der Waals surface area contributed by atoms with Crippen molar-refractivity contribution in [3.05, 3.63) is 65.7 Å². The van der Waals surface area contributed by atoms with Crippen molar-refractivity contribution in [2.24, 2.45) is 5.92 Å². The molecule has 2 aromatic carbocycles. The molecule has 0 unspecified atom stereocenters. The molecular weight excluding hydrogens is 504 g/mol. The van der Waals surface area contributed by atoms with E-state index in [0.29, 0.717) is 11.3 Å². The number of likely N-dealkylation sites (N-methyl/N-ethyl adjacent to an activating group) is 1. The number of carbonyl (C=O) groups is 4. The maximum atomic E-state index is 13.3.